The number of quaternary nitrogens is 2. The Morgan fingerprint density at radius 2 is 1.15 bits per heavy atom. The van der Waals surface area contributed by atoms with Gasteiger partial charge in [-0.1, -0.05) is 0 Å². The van der Waals surface area contributed by atoms with E-state index in [9.17, 15) is 9.59 Å². The van der Waals surface area contributed by atoms with Gasteiger partial charge in [0.05, 0.1) is 39.5 Å². The zero-order chi connectivity index (χ0) is 28.9. The van der Waals surface area contributed by atoms with Gasteiger partial charge in [-0.05, 0) is 48.7 Å². The van der Waals surface area contributed by atoms with Crippen molar-refractivity contribution in [2.75, 3.05) is 92.9 Å². The second-order valence-electron chi connectivity index (χ2n) is 10.8. The van der Waals surface area contributed by atoms with Crippen molar-refractivity contribution in [2.24, 2.45) is 0 Å². The highest BCUT2D eigenvalue weighted by molar-refractivity contribution is 7.80. The Morgan fingerprint density at radius 1 is 0.756 bits per heavy atom. The molecule has 0 radical (unpaired) electrons. The van der Waals surface area contributed by atoms with Crippen LogP contribution in [-0.4, -0.2) is 135 Å². The Kier molecular flexibility index (Phi) is 10.2. The number of ether oxygens (including phenoxy) is 2. The number of hydrogen-bond acceptors (Lipinski definition) is 7. The zero-order valence-corrected chi connectivity index (χ0v) is 26.3. The summed E-state index contributed by atoms with van der Waals surface area (Å²) in [4.78, 5) is 38.4. The maximum Gasteiger partial charge on any atom is 0.276 e. The number of likely N-dealkylation sites (N-methyl/N-ethyl adjacent to an activating group) is 2. The third kappa shape index (κ3) is 7.04. The van der Waals surface area contributed by atoms with Gasteiger partial charge in [0, 0.05) is 49.8 Å². The summed E-state index contributed by atoms with van der Waals surface area (Å²) in [5.41, 5.74) is 1.14. The number of carbonyl (C=O) groups excluding carboxylic acids is 2. The molecule has 0 saturated carbocycles. The van der Waals surface area contributed by atoms with E-state index in [0.29, 0.717) is 34.7 Å². The normalized spacial score (nSPS) is 23.4. The first-order chi connectivity index (χ1) is 19.8. The number of hydrogen-bond donors (Lipinski definition) is 2. The van der Waals surface area contributed by atoms with Crippen molar-refractivity contribution < 1.29 is 28.9 Å². The minimum atomic E-state index is -0.0617. The molecule has 4 aliphatic heterocycles. The number of nitrogens with one attached hydrogen (secondary N) is 2. The van der Waals surface area contributed by atoms with Gasteiger partial charge >= 0.3 is 0 Å². The average Bonchev–Trinajstić information content (AvgIpc) is 3.58. The van der Waals surface area contributed by atoms with Crippen LogP contribution in [0.1, 0.15) is 22.6 Å². The number of rotatable bonds is 10. The summed E-state index contributed by atoms with van der Waals surface area (Å²) in [6.07, 6.45) is 5.57. The molecule has 5 heterocycles. The monoisotopic (exact) mass is 620 g/mol. The number of amides is 2. The van der Waals surface area contributed by atoms with Gasteiger partial charge in [0.1, 0.15) is 37.6 Å². The van der Waals surface area contributed by atoms with E-state index in [0.717, 1.165) is 88.3 Å². The molecule has 222 valence electrons. The second-order valence-corrected chi connectivity index (χ2v) is 12.7. The average molecular weight is 621 g/mol. The highest BCUT2D eigenvalue weighted by Gasteiger charge is 2.37. The van der Waals surface area contributed by atoms with E-state index < -0.39 is 0 Å². The molecule has 0 spiro atoms. The third-order valence-electron chi connectivity index (χ3n) is 8.12. The highest BCUT2D eigenvalue weighted by Crippen LogP contribution is 2.29. The molecule has 2 amide bonds. The second kappa shape index (κ2) is 13.8. The van der Waals surface area contributed by atoms with Crippen LogP contribution in [0, 0.1) is 0 Å². The van der Waals surface area contributed by atoms with Crippen molar-refractivity contribution >= 4 is 70.0 Å². The highest BCUT2D eigenvalue weighted by atomic mass is 32.1. The van der Waals surface area contributed by atoms with Crippen LogP contribution in [0.4, 0.5) is 0 Å². The van der Waals surface area contributed by atoms with E-state index in [2.05, 4.69) is 0 Å². The molecule has 0 atom stereocenters. The van der Waals surface area contributed by atoms with Crippen molar-refractivity contribution in [3.8, 4) is 0 Å². The standard InChI is InChI=1S/C28H38N6O4S3/c1-29-23(25(35)33(27(29)39)9-3-7-31-11-15-37-16-12-31)19-21-5-6-22(41-21)20-24-26(36)34(28(40)30(24)2)10-4-8-32-13-17-38-18-14-32/h5-6,19-20H,3-4,7-18H2,1-2H3/p+2/b23-19+,24-20+. The first-order valence-electron chi connectivity index (χ1n) is 14.4. The van der Waals surface area contributed by atoms with Gasteiger partial charge in [-0.2, -0.15) is 0 Å². The molecule has 4 aliphatic rings. The molecule has 10 nitrogen and oxygen atoms in total. The SMILES string of the molecule is CN1C(=S)N(CCC[NH+]2CCOCC2)C(=O)/C1=C\c1ccc(/C=C2\C(=O)N(CCC[NH+]3CCOCC3)C(=S)N2C)s1. The summed E-state index contributed by atoms with van der Waals surface area (Å²) in [5.74, 6) is -0.123. The summed E-state index contributed by atoms with van der Waals surface area (Å²) >= 11 is 12.7. The van der Waals surface area contributed by atoms with Crippen LogP contribution in [0.5, 0.6) is 0 Å². The molecular formula is C28H40N6O4S3+2. The van der Waals surface area contributed by atoms with Crippen LogP contribution < -0.4 is 9.80 Å². The third-order valence-corrected chi connectivity index (χ3v) is 10.1. The quantitative estimate of drug-likeness (QED) is 0.259. The molecule has 0 unspecified atom stereocenters. The summed E-state index contributed by atoms with van der Waals surface area (Å²) < 4.78 is 10.9. The molecule has 4 fully saturated rings. The maximum absolute atomic E-state index is 13.3. The molecule has 0 aliphatic carbocycles. The summed E-state index contributed by atoms with van der Waals surface area (Å²) in [6, 6.07) is 3.94. The lowest BCUT2D eigenvalue weighted by Crippen LogP contribution is -3.14. The molecular weight excluding hydrogens is 581 g/mol. The van der Waals surface area contributed by atoms with Crippen LogP contribution in [0.15, 0.2) is 23.5 Å². The van der Waals surface area contributed by atoms with E-state index >= 15 is 0 Å². The largest absolute Gasteiger partial charge is 0.370 e. The van der Waals surface area contributed by atoms with Gasteiger partial charge in [0.25, 0.3) is 11.8 Å². The molecule has 5 rings (SSSR count). The van der Waals surface area contributed by atoms with Crippen molar-refractivity contribution in [1.29, 1.82) is 0 Å². The summed E-state index contributed by atoms with van der Waals surface area (Å²) in [7, 11) is 3.69. The number of nitrogens with zero attached hydrogens (tertiary/aromatic N) is 4. The van der Waals surface area contributed by atoms with Crippen LogP contribution in [-0.2, 0) is 19.1 Å². The van der Waals surface area contributed by atoms with Crippen LogP contribution in [0.3, 0.4) is 0 Å². The lowest BCUT2D eigenvalue weighted by atomic mass is 10.3. The number of thiocarbonyl (C=S) groups is 2. The Balaban J connectivity index is 1.19. The van der Waals surface area contributed by atoms with Crippen molar-refractivity contribution in [3.05, 3.63) is 33.3 Å². The summed E-state index contributed by atoms with van der Waals surface area (Å²) in [5, 5.41) is 1.08. The van der Waals surface area contributed by atoms with E-state index in [1.165, 1.54) is 21.1 Å². The van der Waals surface area contributed by atoms with Crippen molar-refractivity contribution in [2.45, 2.75) is 12.8 Å². The van der Waals surface area contributed by atoms with Gasteiger partial charge in [-0.25, -0.2) is 0 Å². The fourth-order valence-corrected chi connectivity index (χ4v) is 7.03. The van der Waals surface area contributed by atoms with Gasteiger partial charge in [0.2, 0.25) is 0 Å². The van der Waals surface area contributed by atoms with E-state index in [1.807, 2.05) is 38.4 Å². The molecule has 13 heteroatoms. The van der Waals surface area contributed by atoms with Gasteiger partial charge in [-0.15, -0.1) is 11.3 Å². The molecule has 4 saturated heterocycles. The summed E-state index contributed by atoms with van der Waals surface area (Å²) in [6.45, 7) is 10.5. The van der Waals surface area contributed by atoms with Crippen LogP contribution in [0.2, 0.25) is 0 Å². The lowest BCUT2D eigenvalue weighted by Gasteiger charge is -2.24. The predicted octanol–water partition coefficient (Wildman–Crippen LogP) is -0.842. The van der Waals surface area contributed by atoms with Crippen LogP contribution in [0.25, 0.3) is 12.2 Å². The van der Waals surface area contributed by atoms with E-state index in [1.54, 1.807) is 19.6 Å². The first kappa shape index (κ1) is 30.2. The fraction of sp³-hybridized carbons (Fsp3) is 0.571. The van der Waals surface area contributed by atoms with E-state index in [4.69, 9.17) is 33.9 Å². The maximum atomic E-state index is 13.3. The molecule has 41 heavy (non-hydrogen) atoms. The van der Waals surface area contributed by atoms with Crippen molar-refractivity contribution in [3.63, 3.8) is 0 Å². The first-order valence-corrected chi connectivity index (χ1v) is 16.0. The zero-order valence-electron chi connectivity index (χ0n) is 23.9. The minimum Gasteiger partial charge on any atom is -0.370 e. The molecule has 2 N–H and O–H groups in total. The molecule has 1 aromatic heterocycles. The lowest BCUT2D eigenvalue weighted by molar-refractivity contribution is -0.908. The Morgan fingerprint density at radius 3 is 1.54 bits per heavy atom. The molecule has 1 aromatic rings. The molecule has 0 bridgehead atoms. The van der Waals surface area contributed by atoms with E-state index in [-0.39, 0.29) is 11.8 Å². The number of morpholine rings is 2. The smallest absolute Gasteiger partial charge is 0.276 e. The molecule has 0 aromatic carbocycles. The van der Waals surface area contributed by atoms with Crippen LogP contribution >= 0.6 is 35.8 Å². The van der Waals surface area contributed by atoms with Gasteiger partial charge in [0.15, 0.2) is 10.2 Å². The number of thiophene rings is 1. The minimum absolute atomic E-state index is 0.0617. The van der Waals surface area contributed by atoms with Gasteiger partial charge in [-0.3, -0.25) is 19.4 Å². The Labute approximate surface area is 256 Å². The topological polar surface area (TPSA) is 74.4 Å². The Hall–Kier alpha value is -2.26. The Bertz CT molecular complexity index is 1130. The van der Waals surface area contributed by atoms with Crippen molar-refractivity contribution in [1.82, 2.24) is 19.6 Å². The predicted molar refractivity (Wildman–Crippen MR) is 166 cm³/mol. The van der Waals surface area contributed by atoms with Gasteiger partial charge < -0.3 is 29.1 Å². The fourth-order valence-electron chi connectivity index (χ4n) is 5.60. The number of carbonyl (C=O) groups is 2.